The minimum absolute atomic E-state index is 0.107. The van der Waals surface area contributed by atoms with Gasteiger partial charge in [-0.2, -0.15) is 13.8 Å². The fraction of sp³-hybridized carbons (Fsp3) is 0.0909. The van der Waals surface area contributed by atoms with Crippen LogP contribution in [0.5, 0.6) is 0 Å². The van der Waals surface area contributed by atoms with Crippen molar-refractivity contribution in [2.45, 2.75) is 6.54 Å². The quantitative estimate of drug-likeness (QED) is 0.681. The van der Waals surface area contributed by atoms with E-state index in [1.807, 2.05) is 18.2 Å². The molecule has 0 saturated heterocycles. The second kappa shape index (κ2) is 4.06. The van der Waals surface area contributed by atoms with Gasteiger partial charge in [0.15, 0.2) is 0 Å². The zero-order valence-corrected chi connectivity index (χ0v) is 9.59. The van der Waals surface area contributed by atoms with E-state index in [1.54, 1.807) is 12.3 Å². The normalized spacial score (nSPS) is 10.8. The van der Waals surface area contributed by atoms with Crippen LogP contribution in [0.2, 0.25) is 0 Å². The number of hydrogen-bond donors (Lipinski definition) is 0. The summed E-state index contributed by atoms with van der Waals surface area (Å²) in [5.74, 6) is 0. The molecule has 1 aromatic carbocycles. The van der Waals surface area contributed by atoms with Crippen molar-refractivity contribution in [3.63, 3.8) is 0 Å². The molecule has 5 nitrogen and oxygen atoms in total. The Labute approximate surface area is 101 Å². The molecule has 0 amide bonds. The lowest BCUT2D eigenvalue weighted by atomic mass is 10.2. The first-order valence-electron chi connectivity index (χ1n) is 5.06. The molecule has 0 unspecified atom stereocenters. The monoisotopic (exact) mass is 244 g/mol. The molecule has 0 spiro atoms. The van der Waals surface area contributed by atoms with Gasteiger partial charge in [0.05, 0.1) is 18.3 Å². The van der Waals surface area contributed by atoms with Gasteiger partial charge in [0.1, 0.15) is 11.0 Å². The maximum absolute atomic E-state index is 11.5. The van der Waals surface area contributed by atoms with Gasteiger partial charge < -0.3 is 0 Å². The van der Waals surface area contributed by atoms with Gasteiger partial charge in [0, 0.05) is 12.3 Å². The molecule has 3 aromatic rings. The molecule has 0 atom stereocenters. The van der Waals surface area contributed by atoms with Crippen LogP contribution in [-0.4, -0.2) is 18.5 Å². The number of nitrogens with zero attached hydrogens (tertiary/aromatic N) is 4. The van der Waals surface area contributed by atoms with Crippen LogP contribution in [0.1, 0.15) is 5.56 Å². The zero-order chi connectivity index (χ0) is 11.7. The first-order valence-corrected chi connectivity index (χ1v) is 5.79. The van der Waals surface area contributed by atoms with Gasteiger partial charge in [0.25, 0.3) is 5.56 Å². The molecular formula is C11H8N4OS. The van der Waals surface area contributed by atoms with Crippen LogP contribution >= 0.6 is 11.7 Å². The van der Waals surface area contributed by atoms with E-state index in [9.17, 15) is 4.79 Å². The van der Waals surface area contributed by atoms with Crippen molar-refractivity contribution in [1.29, 1.82) is 0 Å². The lowest BCUT2D eigenvalue weighted by Gasteiger charge is -2.03. The van der Waals surface area contributed by atoms with Crippen LogP contribution in [0, 0.1) is 0 Å². The summed E-state index contributed by atoms with van der Waals surface area (Å²) in [6.07, 6.45) is 1.60. The first kappa shape index (κ1) is 10.1. The summed E-state index contributed by atoms with van der Waals surface area (Å²) in [4.78, 5) is 11.5. The van der Waals surface area contributed by atoms with Crippen LogP contribution in [0.15, 0.2) is 41.3 Å². The van der Waals surface area contributed by atoms with E-state index < -0.39 is 0 Å². The minimum atomic E-state index is -0.107. The molecule has 0 aliphatic carbocycles. The van der Waals surface area contributed by atoms with Crippen molar-refractivity contribution in [3.05, 3.63) is 52.4 Å². The van der Waals surface area contributed by atoms with Crippen LogP contribution in [0.4, 0.5) is 0 Å². The number of fused-ring (bicyclic) bond motifs is 1. The fourth-order valence-electron chi connectivity index (χ4n) is 1.60. The standard InChI is InChI=1S/C11H8N4OS/c16-11-2-1-5-12-15(11)7-8-3-4-9-10(6-8)14-17-13-9/h1-6H,7H2. The smallest absolute Gasteiger partial charge is 0.267 e. The maximum Gasteiger partial charge on any atom is 0.267 e. The predicted molar refractivity (Wildman–Crippen MR) is 65.0 cm³/mol. The van der Waals surface area contributed by atoms with Gasteiger partial charge in [-0.25, -0.2) is 4.68 Å². The Morgan fingerprint density at radius 1 is 1.18 bits per heavy atom. The Hall–Kier alpha value is -2.08. The van der Waals surface area contributed by atoms with Crippen LogP contribution in [-0.2, 0) is 6.54 Å². The Morgan fingerprint density at radius 3 is 2.94 bits per heavy atom. The van der Waals surface area contributed by atoms with Crippen molar-refractivity contribution < 1.29 is 0 Å². The summed E-state index contributed by atoms with van der Waals surface area (Å²) < 4.78 is 9.71. The highest BCUT2D eigenvalue weighted by molar-refractivity contribution is 7.00. The molecule has 0 radical (unpaired) electrons. The molecule has 84 valence electrons. The number of hydrogen-bond acceptors (Lipinski definition) is 5. The van der Waals surface area contributed by atoms with Crippen molar-refractivity contribution in [2.75, 3.05) is 0 Å². The van der Waals surface area contributed by atoms with E-state index in [0.29, 0.717) is 6.54 Å². The van der Waals surface area contributed by atoms with Crippen LogP contribution in [0.3, 0.4) is 0 Å². The van der Waals surface area contributed by atoms with Gasteiger partial charge in [-0.15, -0.1) is 0 Å². The molecule has 0 N–H and O–H groups in total. The molecule has 3 rings (SSSR count). The number of benzene rings is 1. The zero-order valence-electron chi connectivity index (χ0n) is 8.78. The third-order valence-corrected chi connectivity index (χ3v) is 2.99. The van der Waals surface area contributed by atoms with Gasteiger partial charge in [0.2, 0.25) is 0 Å². The topological polar surface area (TPSA) is 60.7 Å². The van der Waals surface area contributed by atoms with E-state index in [2.05, 4.69) is 13.8 Å². The number of aromatic nitrogens is 4. The Balaban J connectivity index is 2.00. The van der Waals surface area contributed by atoms with Crippen molar-refractivity contribution >= 4 is 22.8 Å². The number of rotatable bonds is 2. The molecule has 0 aliphatic heterocycles. The largest absolute Gasteiger partial charge is 0.268 e. The van der Waals surface area contributed by atoms with E-state index in [4.69, 9.17) is 0 Å². The highest BCUT2D eigenvalue weighted by atomic mass is 32.1. The van der Waals surface area contributed by atoms with E-state index >= 15 is 0 Å². The summed E-state index contributed by atoms with van der Waals surface area (Å²) in [5.41, 5.74) is 2.62. The Kier molecular flexibility index (Phi) is 2.41. The SMILES string of the molecule is O=c1cccnn1Cc1ccc2nsnc2c1. The molecule has 17 heavy (non-hydrogen) atoms. The molecule has 0 bridgehead atoms. The first-order chi connectivity index (χ1) is 8.33. The molecule has 0 fully saturated rings. The fourth-order valence-corrected chi connectivity index (χ4v) is 2.12. The lowest BCUT2D eigenvalue weighted by molar-refractivity contribution is 0.639. The van der Waals surface area contributed by atoms with Crippen LogP contribution in [0.25, 0.3) is 11.0 Å². The van der Waals surface area contributed by atoms with Gasteiger partial charge in [-0.1, -0.05) is 6.07 Å². The van der Waals surface area contributed by atoms with Gasteiger partial charge in [-0.3, -0.25) is 4.79 Å². The van der Waals surface area contributed by atoms with Crippen molar-refractivity contribution in [1.82, 2.24) is 18.5 Å². The average Bonchev–Trinajstić information content (AvgIpc) is 2.79. The summed E-state index contributed by atoms with van der Waals surface area (Å²) in [5, 5.41) is 4.01. The molecule has 0 aliphatic rings. The Morgan fingerprint density at radius 2 is 2.06 bits per heavy atom. The maximum atomic E-state index is 11.5. The second-order valence-corrected chi connectivity index (χ2v) is 4.14. The van der Waals surface area contributed by atoms with E-state index in [-0.39, 0.29) is 5.56 Å². The second-order valence-electron chi connectivity index (χ2n) is 3.61. The minimum Gasteiger partial charge on any atom is -0.268 e. The van der Waals surface area contributed by atoms with Crippen LogP contribution < -0.4 is 5.56 Å². The molecule has 6 heteroatoms. The van der Waals surface area contributed by atoms with Gasteiger partial charge in [-0.05, 0) is 23.8 Å². The van der Waals surface area contributed by atoms with Gasteiger partial charge >= 0.3 is 0 Å². The lowest BCUT2D eigenvalue weighted by Crippen LogP contribution is -2.21. The highest BCUT2D eigenvalue weighted by Gasteiger charge is 2.02. The Bertz CT molecular complexity index is 718. The predicted octanol–water partition coefficient (Wildman–Crippen LogP) is 1.30. The third-order valence-electron chi connectivity index (χ3n) is 2.44. The summed E-state index contributed by atoms with van der Waals surface area (Å²) in [7, 11) is 0. The molecule has 2 aromatic heterocycles. The summed E-state index contributed by atoms with van der Waals surface area (Å²) in [6, 6.07) is 8.90. The molecule has 2 heterocycles. The highest BCUT2D eigenvalue weighted by Crippen LogP contribution is 2.13. The van der Waals surface area contributed by atoms with E-state index in [0.717, 1.165) is 16.6 Å². The summed E-state index contributed by atoms with van der Waals surface area (Å²) >= 11 is 1.19. The molecule has 0 saturated carbocycles. The van der Waals surface area contributed by atoms with E-state index in [1.165, 1.54) is 22.5 Å². The average molecular weight is 244 g/mol. The van der Waals surface area contributed by atoms with Crippen molar-refractivity contribution in [2.24, 2.45) is 0 Å². The van der Waals surface area contributed by atoms with Crippen molar-refractivity contribution in [3.8, 4) is 0 Å². The third kappa shape index (κ3) is 1.94. The molecular weight excluding hydrogens is 236 g/mol. The summed E-state index contributed by atoms with van der Waals surface area (Å²) in [6.45, 7) is 0.452.